The van der Waals surface area contributed by atoms with Crippen LogP contribution >= 0.6 is 0 Å². The van der Waals surface area contributed by atoms with Crippen molar-refractivity contribution in [1.29, 1.82) is 0 Å². The monoisotopic (exact) mass is 330 g/mol. The summed E-state index contributed by atoms with van der Waals surface area (Å²) in [5, 5.41) is 0. The van der Waals surface area contributed by atoms with E-state index in [2.05, 4.69) is 12.1 Å². The summed E-state index contributed by atoms with van der Waals surface area (Å²) >= 11 is 0. The molecule has 0 bridgehead atoms. The van der Waals surface area contributed by atoms with E-state index in [1.165, 1.54) is 11.1 Å². The largest absolute Gasteiger partial charge is 0.497 e. The Bertz CT molecular complexity index is 652. The zero-order valence-electron chi connectivity index (χ0n) is 14.9. The molecule has 4 heteroatoms. The van der Waals surface area contributed by atoms with Crippen molar-refractivity contribution >= 4 is 0 Å². The Kier molecular flexibility index (Phi) is 6.79. The fourth-order valence-corrected chi connectivity index (χ4v) is 2.76. The first kappa shape index (κ1) is 18.0. The molecule has 0 saturated carbocycles. The molecule has 0 aromatic heterocycles. The quantitative estimate of drug-likeness (QED) is 0.643. The van der Waals surface area contributed by atoms with Gasteiger partial charge in [-0.3, -0.25) is 0 Å². The van der Waals surface area contributed by atoms with Gasteiger partial charge in [-0.2, -0.15) is 0 Å². The number of ether oxygens (including phenoxy) is 4. The van der Waals surface area contributed by atoms with Crippen molar-refractivity contribution in [3.63, 3.8) is 0 Å². The third-order valence-electron chi connectivity index (χ3n) is 4.10. The van der Waals surface area contributed by atoms with Gasteiger partial charge in [0.05, 0.1) is 28.4 Å². The molecule has 0 saturated heterocycles. The fraction of sp³-hybridized carbons (Fsp3) is 0.400. The molecule has 0 N–H and O–H groups in total. The average molecular weight is 330 g/mol. The van der Waals surface area contributed by atoms with Crippen LogP contribution in [0.4, 0.5) is 0 Å². The van der Waals surface area contributed by atoms with Crippen molar-refractivity contribution < 1.29 is 18.9 Å². The number of hydrogen-bond donors (Lipinski definition) is 0. The predicted molar refractivity (Wildman–Crippen MR) is 95.7 cm³/mol. The predicted octanol–water partition coefficient (Wildman–Crippen LogP) is 4.29. The molecule has 2 aromatic carbocycles. The van der Waals surface area contributed by atoms with Crippen molar-refractivity contribution in [1.82, 2.24) is 0 Å². The molecule has 0 aliphatic rings. The van der Waals surface area contributed by atoms with E-state index in [0.29, 0.717) is 0 Å². The zero-order chi connectivity index (χ0) is 17.4. The van der Waals surface area contributed by atoms with Gasteiger partial charge >= 0.3 is 0 Å². The van der Waals surface area contributed by atoms with Gasteiger partial charge in [0.15, 0.2) is 11.5 Å². The van der Waals surface area contributed by atoms with Gasteiger partial charge in [-0.15, -0.1) is 0 Å². The maximum Gasteiger partial charge on any atom is 0.160 e. The Balaban J connectivity index is 1.91. The maximum absolute atomic E-state index is 5.43. The zero-order valence-corrected chi connectivity index (χ0v) is 14.9. The summed E-state index contributed by atoms with van der Waals surface area (Å²) in [4.78, 5) is 0. The van der Waals surface area contributed by atoms with Gasteiger partial charge in [0.2, 0.25) is 0 Å². The lowest BCUT2D eigenvalue weighted by Crippen LogP contribution is -1.96. The van der Waals surface area contributed by atoms with E-state index >= 15 is 0 Å². The molecule has 0 aliphatic heterocycles. The summed E-state index contributed by atoms with van der Waals surface area (Å²) in [6.07, 6.45) is 4.15. The van der Waals surface area contributed by atoms with Crippen molar-refractivity contribution in [3.05, 3.63) is 47.5 Å². The lowest BCUT2D eigenvalue weighted by Gasteiger charge is -2.11. The minimum Gasteiger partial charge on any atom is -0.497 e. The molecule has 2 aromatic rings. The Morgan fingerprint density at radius 1 is 0.625 bits per heavy atom. The van der Waals surface area contributed by atoms with Crippen LogP contribution in [0.5, 0.6) is 23.0 Å². The van der Waals surface area contributed by atoms with E-state index in [0.717, 1.165) is 48.7 Å². The number of methoxy groups -OCH3 is 4. The number of aryl methyl sites for hydroxylation is 2. The second-order valence-electron chi connectivity index (χ2n) is 5.57. The highest BCUT2D eigenvalue weighted by molar-refractivity contribution is 5.43. The highest BCUT2D eigenvalue weighted by atomic mass is 16.5. The number of unbranched alkanes of at least 4 members (excludes halogenated alkanes) is 1. The van der Waals surface area contributed by atoms with Gasteiger partial charge in [0.25, 0.3) is 0 Å². The van der Waals surface area contributed by atoms with Gasteiger partial charge in [0.1, 0.15) is 11.5 Å². The third kappa shape index (κ3) is 4.57. The van der Waals surface area contributed by atoms with Gasteiger partial charge in [0, 0.05) is 0 Å². The highest BCUT2D eigenvalue weighted by Gasteiger charge is 2.07. The first-order chi connectivity index (χ1) is 11.7. The van der Waals surface area contributed by atoms with E-state index < -0.39 is 0 Å². The van der Waals surface area contributed by atoms with Crippen LogP contribution in [0.15, 0.2) is 36.4 Å². The van der Waals surface area contributed by atoms with Crippen LogP contribution in [0.1, 0.15) is 24.0 Å². The molecule has 0 fully saturated rings. The topological polar surface area (TPSA) is 36.9 Å². The molecule has 4 nitrogen and oxygen atoms in total. The summed E-state index contributed by atoms with van der Waals surface area (Å²) in [5.74, 6) is 3.33. The smallest absolute Gasteiger partial charge is 0.160 e. The van der Waals surface area contributed by atoms with Crippen molar-refractivity contribution in [2.75, 3.05) is 28.4 Å². The minimum atomic E-state index is 0.766. The molecule has 0 aliphatic carbocycles. The van der Waals surface area contributed by atoms with E-state index in [9.17, 15) is 0 Å². The van der Waals surface area contributed by atoms with Crippen LogP contribution in [0.2, 0.25) is 0 Å². The van der Waals surface area contributed by atoms with E-state index in [1.54, 1.807) is 28.4 Å². The summed E-state index contributed by atoms with van der Waals surface area (Å²) in [5.41, 5.74) is 2.44. The Hall–Kier alpha value is -2.36. The van der Waals surface area contributed by atoms with Gasteiger partial charge < -0.3 is 18.9 Å². The Morgan fingerprint density at radius 2 is 1.29 bits per heavy atom. The lowest BCUT2D eigenvalue weighted by molar-refractivity contribution is 0.354. The van der Waals surface area contributed by atoms with Gasteiger partial charge in [-0.1, -0.05) is 6.07 Å². The summed E-state index contributed by atoms with van der Waals surface area (Å²) < 4.78 is 21.4. The van der Waals surface area contributed by atoms with E-state index in [4.69, 9.17) is 18.9 Å². The molecule has 130 valence electrons. The highest BCUT2D eigenvalue weighted by Crippen LogP contribution is 2.29. The van der Waals surface area contributed by atoms with Gasteiger partial charge in [-0.05, 0) is 67.1 Å². The number of benzene rings is 2. The van der Waals surface area contributed by atoms with E-state index in [1.807, 2.05) is 24.3 Å². The average Bonchev–Trinajstić information content (AvgIpc) is 2.64. The molecule has 0 unspecified atom stereocenters. The van der Waals surface area contributed by atoms with Crippen LogP contribution < -0.4 is 18.9 Å². The van der Waals surface area contributed by atoms with Crippen molar-refractivity contribution in [2.45, 2.75) is 25.7 Å². The third-order valence-corrected chi connectivity index (χ3v) is 4.10. The lowest BCUT2D eigenvalue weighted by atomic mass is 10.0. The normalized spacial score (nSPS) is 10.3. The second-order valence-corrected chi connectivity index (χ2v) is 5.57. The Labute approximate surface area is 144 Å². The molecule has 24 heavy (non-hydrogen) atoms. The first-order valence-corrected chi connectivity index (χ1v) is 8.13. The molecule has 2 rings (SSSR count). The molecule has 0 spiro atoms. The van der Waals surface area contributed by atoms with Gasteiger partial charge in [-0.25, -0.2) is 0 Å². The van der Waals surface area contributed by atoms with Crippen LogP contribution in [-0.4, -0.2) is 28.4 Å². The fourth-order valence-electron chi connectivity index (χ4n) is 2.76. The standard InChI is InChI=1S/C20H26O4/c1-21-17-10-12-18(22-2)16(14-17)8-6-5-7-15-9-11-19(23-3)20(13-15)24-4/h9-14H,5-8H2,1-4H3. The van der Waals surface area contributed by atoms with Crippen LogP contribution in [0, 0.1) is 0 Å². The molecular formula is C20H26O4. The van der Waals surface area contributed by atoms with Crippen LogP contribution in [-0.2, 0) is 12.8 Å². The summed E-state index contributed by atoms with van der Waals surface area (Å²) in [6, 6.07) is 12.0. The van der Waals surface area contributed by atoms with Crippen molar-refractivity contribution in [3.8, 4) is 23.0 Å². The minimum absolute atomic E-state index is 0.766. The molecule has 0 amide bonds. The van der Waals surface area contributed by atoms with Crippen molar-refractivity contribution in [2.24, 2.45) is 0 Å². The number of rotatable bonds is 9. The molecule has 0 heterocycles. The first-order valence-electron chi connectivity index (χ1n) is 8.13. The Morgan fingerprint density at radius 3 is 1.96 bits per heavy atom. The molecule has 0 radical (unpaired) electrons. The maximum atomic E-state index is 5.43. The van der Waals surface area contributed by atoms with Crippen LogP contribution in [0.25, 0.3) is 0 Å². The second kappa shape index (κ2) is 9.06. The molecular weight excluding hydrogens is 304 g/mol. The summed E-state index contributed by atoms with van der Waals surface area (Å²) in [6.45, 7) is 0. The number of hydrogen-bond acceptors (Lipinski definition) is 4. The summed E-state index contributed by atoms with van der Waals surface area (Å²) in [7, 11) is 6.70. The molecule has 0 atom stereocenters. The van der Waals surface area contributed by atoms with Crippen LogP contribution in [0.3, 0.4) is 0 Å². The van der Waals surface area contributed by atoms with E-state index in [-0.39, 0.29) is 0 Å². The SMILES string of the molecule is COc1ccc(OC)c(CCCCc2ccc(OC)c(OC)c2)c1.